The summed E-state index contributed by atoms with van der Waals surface area (Å²) in [7, 11) is 1.94. The fourth-order valence-electron chi connectivity index (χ4n) is 1.52. The minimum Gasteiger partial charge on any atom is -0.416 e. The lowest BCUT2D eigenvalue weighted by Gasteiger charge is -2.14. The van der Waals surface area contributed by atoms with Gasteiger partial charge >= 0.3 is 0 Å². The van der Waals surface area contributed by atoms with Gasteiger partial charge in [-0.1, -0.05) is 22.0 Å². The van der Waals surface area contributed by atoms with Crippen LogP contribution in [-0.4, -0.2) is 17.2 Å². The Balaban J connectivity index is 2.33. The van der Waals surface area contributed by atoms with Crippen LogP contribution in [0.4, 0.5) is 0 Å². The highest BCUT2D eigenvalue weighted by atomic mass is 79.9. The molecule has 96 valence electrons. The summed E-state index contributed by atoms with van der Waals surface area (Å²) in [4.78, 5) is 1.11. The SMILES string of the molecule is CNC(C)c1ccc(Br)cc1Sc1nnc(C)o1. The van der Waals surface area contributed by atoms with Crippen molar-refractivity contribution in [2.45, 2.75) is 30.0 Å². The molecule has 0 aliphatic heterocycles. The Morgan fingerprint density at radius 1 is 1.39 bits per heavy atom. The van der Waals surface area contributed by atoms with E-state index in [0.29, 0.717) is 11.1 Å². The minimum atomic E-state index is 0.268. The average Bonchev–Trinajstić information content (AvgIpc) is 2.74. The van der Waals surface area contributed by atoms with E-state index in [1.54, 1.807) is 6.92 Å². The Hall–Kier alpha value is -0.850. The highest BCUT2D eigenvalue weighted by Crippen LogP contribution is 2.34. The second kappa shape index (κ2) is 5.86. The van der Waals surface area contributed by atoms with Gasteiger partial charge < -0.3 is 9.73 Å². The van der Waals surface area contributed by atoms with Gasteiger partial charge in [-0.3, -0.25) is 0 Å². The van der Waals surface area contributed by atoms with Crippen LogP contribution in [0.5, 0.6) is 0 Å². The molecule has 0 saturated carbocycles. The van der Waals surface area contributed by atoms with Gasteiger partial charge in [-0.25, -0.2) is 0 Å². The average molecular weight is 328 g/mol. The number of benzene rings is 1. The minimum absolute atomic E-state index is 0.268. The quantitative estimate of drug-likeness (QED) is 0.930. The van der Waals surface area contributed by atoms with E-state index in [1.807, 2.05) is 13.1 Å². The molecule has 0 fully saturated rings. The van der Waals surface area contributed by atoms with E-state index in [2.05, 4.69) is 50.5 Å². The molecule has 0 saturated heterocycles. The van der Waals surface area contributed by atoms with Crippen LogP contribution in [0.2, 0.25) is 0 Å². The van der Waals surface area contributed by atoms with Gasteiger partial charge in [0.1, 0.15) is 0 Å². The smallest absolute Gasteiger partial charge is 0.281 e. The molecule has 0 aliphatic carbocycles. The van der Waals surface area contributed by atoms with E-state index in [4.69, 9.17) is 4.42 Å². The zero-order valence-electron chi connectivity index (χ0n) is 10.4. The Kier molecular flexibility index (Phi) is 4.42. The van der Waals surface area contributed by atoms with Crippen molar-refractivity contribution in [1.82, 2.24) is 15.5 Å². The summed E-state index contributed by atoms with van der Waals surface area (Å²) in [5.41, 5.74) is 1.21. The van der Waals surface area contributed by atoms with Crippen molar-refractivity contribution in [2.75, 3.05) is 7.05 Å². The van der Waals surface area contributed by atoms with Gasteiger partial charge in [0.15, 0.2) is 0 Å². The third kappa shape index (κ3) is 3.13. The summed E-state index contributed by atoms with van der Waals surface area (Å²) in [6.45, 7) is 3.90. The lowest BCUT2D eigenvalue weighted by Crippen LogP contribution is -2.13. The summed E-state index contributed by atoms with van der Waals surface area (Å²) in [5, 5.41) is 11.6. The number of nitrogens with zero attached hydrogens (tertiary/aromatic N) is 2. The zero-order valence-corrected chi connectivity index (χ0v) is 12.8. The second-order valence-corrected chi connectivity index (χ2v) is 5.79. The molecule has 18 heavy (non-hydrogen) atoms. The number of rotatable bonds is 4. The zero-order chi connectivity index (χ0) is 13.1. The van der Waals surface area contributed by atoms with Crippen molar-refractivity contribution in [1.29, 1.82) is 0 Å². The maximum atomic E-state index is 5.40. The summed E-state index contributed by atoms with van der Waals surface area (Å²) in [5.74, 6) is 0.579. The van der Waals surface area contributed by atoms with Crippen LogP contribution in [0.25, 0.3) is 0 Å². The van der Waals surface area contributed by atoms with Crippen LogP contribution in [-0.2, 0) is 0 Å². The maximum absolute atomic E-state index is 5.40. The van der Waals surface area contributed by atoms with Crippen LogP contribution in [0, 0.1) is 6.92 Å². The predicted molar refractivity (Wildman–Crippen MR) is 74.8 cm³/mol. The molecule has 1 aromatic heterocycles. The van der Waals surface area contributed by atoms with E-state index >= 15 is 0 Å². The molecule has 2 rings (SSSR count). The summed E-state index contributed by atoms with van der Waals surface area (Å²) >= 11 is 4.97. The number of halogens is 1. The fraction of sp³-hybridized carbons (Fsp3) is 0.333. The normalized spacial score (nSPS) is 12.7. The summed E-state index contributed by atoms with van der Waals surface area (Å²) in [6, 6.07) is 6.46. The highest BCUT2D eigenvalue weighted by molar-refractivity contribution is 9.10. The van der Waals surface area contributed by atoms with Crippen molar-refractivity contribution in [3.05, 3.63) is 34.1 Å². The van der Waals surface area contributed by atoms with Crippen molar-refractivity contribution in [2.24, 2.45) is 0 Å². The lowest BCUT2D eigenvalue weighted by atomic mass is 10.1. The summed E-state index contributed by atoms with van der Waals surface area (Å²) < 4.78 is 6.44. The maximum Gasteiger partial charge on any atom is 0.281 e. The fourth-order valence-corrected chi connectivity index (χ4v) is 3.02. The molecular formula is C12H14BrN3OS. The van der Waals surface area contributed by atoms with Crippen LogP contribution >= 0.6 is 27.7 Å². The Morgan fingerprint density at radius 3 is 2.78 bits per heavy atom. The largest absolute Gasteiger partial charge is 0.416 e. The van der Waals surface area contributed by atoms with Gasteiger partial charge in [0.25, 0.3) is 5.22 Å². The molecule has 0 radical (unpaired) electrons. The molecule has 1 unspecified atom stereocenters. The molecule has 4 nitrogen and oxygen atoms in total. The van der Waals surface area contributed by atoms with E-state index in [0.717, 1.165) is 9.37 Å². The summed E-state index contributed by atoms with van der Waals surface area (Å²) in [6.07, 6.45) is 0. The first-order valence-electron chi connectivity index (χ1n) is 5.55. The Bertz CT molecular complexity index is 544. The van der Waals surface area contributed by atoms with E-state index in [9.17, 15) is 0 Å². The first-order chi connectivity index (χ1) is 8.60. The van der Waals surface area contributed by atoms with Crippen molar-refractivity contribution in [3.8, 4) is 0 Å². The van der Waals surface area contributed by atoms with Crippen molar-refractivity contribution < 1.29 is 4.42 Å². The molecule has 1 atom stereocenters. The molecule has 1 aromatic carbocycles. The molecule has 0 amide bonds. The van der Waals surface area contributed by atoms with Crippen LogP contribution in [0.15, 0.2) is 37.2 Å². The van der Waals surface area contributed by atoms with Crippen molar-refractivity contribution >= 4 is 27.7 Å². The van der Waals surface area contributed by atoms with Crippen LogP contribution in [0.1, 0.15) is 24.4 Å². The third-order valence-electron chi connectivity index (χ3n) is 2.58. The molecule has 0 aliphatic rings. The van der Waals surface area contributed by atoms with Gasteiger partial charge in [-0.05, 0) is 43.4 Å². The van der Waals surface area contributed by atoms with E-state index < -0.39 is 0 Å². The van der Waals surface area contributed by atoms with E-state index in [-0.39, 0.29) is 6.04 Å². The molecule has 6 heteroatoms. The van der Waals surface area contributed by atoms with Crippen molar-refractivity contribution in [3.63, 3.8) is 0 Å². The van der Waals surface area contributed by atoms with Gasteiger partial charge in [0.2, 0.25) is 5.89 Å². The van der Waals surface area contributed by atoms with E-state index in [1.165, 1.54) is 17.3 Å². The molecule has 0 spiro atoms. The number of hydrogen-bond acceptors (Lipinski definition) is 5. The third-order valence-corrected chi connectivity index (χ3v) is 3.99. The Labute approximate surface area is 119 Å². The highest BCUT2D eigenvalue weighted by Gasteiger charge is 2.13. The van der Waals surface area contributed by atoms with Crippen LogP contribution in [0.3, 0.4) is 0 Å². The lowest BCUT2D eigenvalue weighted by molar-refractivity contribution is 0.429. The first-order valence-corrected chi connectivity index (χ1v) is 7.15. The van der Waals surface area contributed by atoms with Gasteiger partial charge in [0.05, 0.1) is 0 Å². The van der Waals surface area contributed by atoms with Crippen LogP contribution < -0.4 is 5.32 Å². The molecule has 1 N–H and O–H groups in total. The topological polar surface area (TPSA) is 51.0 Å². The molecule has 0 bridgehead atoms. The number of hydrogen-bond donors (Lipinski definition) is 1. The standard InChI is InChI=1S/C12H14BrN3OS/c1-7(14-3)10-5-4-9(13)6-11(10)18-12-16-15-8(2)17-12/h4-7,14H,1-3H3. The van der Waals surface area contributed by atoms with Gasteiger partial charge in [-0.2, -0.15) is 0 Å². The second-order valence-electron chi connectivity index (χ2n) is 3.88. The van der Waals surface area contributed by atoms with Gasteiger partial charge in [-0.15, -0.1) is 10.2 Å². The van der Waals surface area contributed by atoms with Gasteiger partial charge in [0, 0.05) is 22.3 Å². The number of nitrogens with one attached hydrogen (secondary N) is 1. The monoisotopic (exact) mass is 327 g/mol. The molecule has 1 heterocycles. The molecule has 2 aromatic rings. The Morgan fingerprint density at radius 2 is 2.17 bits per heavy atom. The number of aryl methyl sites for hydroxylation is 1. The predicted octanol–water partition coefficient (Wildman–Crippen LogP) is 3.57. The first kappa shape index (κ1) is 13.6. The molecular weight excluding hydrogens is 314 g/mol. The number of aromatic nitrogens is 2.